The molecule has 0 amide bonds. The van der Waals surface area contributed by atoms with Gasteiger partial charge in [0.25, 0.3) is 0 Å². The molecule has 0 aliphatic rings. The van der Waals surface area contributed by atoms with Crippen LogP contribution >= 0.6 is 0 Å². The van der Waals surface area contributed by atoms with Gasteiger partial charge in [0.15, 0.2) is 0 Å². The summed E-state index contributed by atoms with van der Waals surface area (Å²) in [5.74, 6) is 1.36. The molecule has 7 heteroatoms. The van der Waals surface area contributed by atoms with E-state index in [-0.39, 0.29) is 42.8 Å². The number of aromatic nitrogens is 4. The van der Waals surface area contributed by atoms with Gasteiger partial charge in [-0.15, -0.1) is 54.1 Å². The zero-order valence-corrected chi connectivity index (χ0v) is 44.4. The van der Waals surface area contributed by atoms with Crippen molar-refractivity contribution in [1.82, 2.24) is 19.5 Å². The second-order valence-corrected chi connectivity index (χ2v) is 26.4. The van der Waals surface area contributed by atoms with Gasteiger partial charge in [-0.1, -0.05) is 160 Å². The number of benzene rings is 5. The normalized spacial score (nSPS) is 12.2. The van der Waals surface area contributed by atoms with Crippen LogP contribution in [0.2, 0.25) is 19.6 Å². The molecule has 5 aromatic carbocycles. The molecule has 0 saturated carbocycles. The summed E-state index contributed by atoms with van der Waals surface area (Å²) in [4.78, 5) is 15.0. The van der Waals surface area contributed by atoms with E-state index in [2.05, 4.69) is 191 Å². The zero-order valence-electron chi connectivity index (χ0n) is 41.0. The second-order valence-electron chi connectivity index (χ2n) is 21.4. The first-order valence-corrected chi connectivity index (χ1v) is 26.7. The number of para-hydroxylation sites is 1. The van der Waals surface area contributed by atoms with Crippen molar-refractivity contribution in [3.05, 3.63) is 162 Å². The molecule has 0 unspecified atom stereocenters. The van der Waals surface area contributed by atoms with Gasteiger partial charge in [-0.05, 0) is 81.1 Å². The Morgan fingerprint density at radius 2 is 1.36 bits per heavy atom. The van der Waals surface area contributed by atoms with Crippen LogP contribution in [0.1, 0.15) is 103 Å². The Morgan fingerprint density at radius 3 is 1.98 bits per heavy atom. The van der Waals surface area contributed by atoms with Crippen LogP contribution in [0.5, 0.6) is 0 Å². The summed E-state index contributed by atoms with van der Waals surface area (Å²) >= 11 is 0. The summed E-state index contributed by atoms with van der Waals surface area (Å²) in [6, 6.07) is 47.0. The molecule has 0 atom stereocenters. The summed E-state index contributed by atoms with van der Waals surface area (Å²) in [7, 11) is -1.37. The Bertz CT molecular complexity index is 3100. The molecule has 0 N–H and O–H groups in total. The van der Waals surface area contributed by atoms with Crippen molar-refractivity contribution < 1.29 is 24.5 Å². The predicted molar refractivity (Wildman–Crippen MR) is 277 cm³/mol. The molecule has 66 heavy (non-hydrogen) atoms. The molecule has 0 saturated heterocycles. The second kappa shape index (κ2) is 19.0. The molecule has 4 heterocycles. The van der Waals surface area contributed by atoms with E-state index in [4.69, 9.17) is 19.4 Å². The Labute approximate surface area is 407 Å². The standard InChI is InChI=1S/C40H38N3O.C19H26NSi.Ir/c1-24(2)31-22-27(26-14-9-8-10-15-26)23-32(25(3)4)36(31)43-33-20-21-41-38(40(5,6)7)35(33)42-39(43)30-18-13-17-29-28-16-11-12-19-34(28)44-37(29)30;1-19(2,3)13-16-12-17(15-10-8-7-9-11-15)20-14-18(16)21(4,5)6;/h8-17,19-25H,1-7H3;7-10,12,14H,13H2,1-6H3;/q2*-1;. The fraction of sp³-hybridized carbons (Fsp3) is 0.305. The van der Waals surface area contributed by atoms with Crippen LogP contribution in [-0.2, 0) is 31.9 Å². The van der Waals surface area contributed by atoms with Crippen LogP contribution in [0.4, 0.5) is 0 Å². The van der Waals surface area contributed by atoms with Crippen molar-refractivity contribution in [1.29, 1.82) is 0 Å². The van der Waals surface area contributed by atoms with Crippen molar-refractivity contribution >= 4 is 46.2 Å². The van der Waals surface area contributed by atoms with Gasteiger partial charge >= 0.3 is 0 Å². The molecule has 9 aromatic rings. The summed E-state index contributed by atoms with van der Waals surface area (Å²) in [6.45, 7) is 29.8. The smallest absolute Gasteiger partial charge is 0.120 e. The number of fused-ring (bicyclic) bond motifs is 4. The first-order chi connectivity index (χ1) is 30.8. The van der Waals surface area contributed by atoms with E-state index in [0.717, 1.165) is 67.7 Å². The molecule has 0 spiro atoms. The average molecular weight is 1070 g/mol. The van der Waals surface area contributed by atoms with E-state index < -0.39 is 8.07 Å². The first kappa shape index (κ1) is 48.5. The van der Waals surface area contributed by atoms with Crippen molar-refractivity contribution in [2.45, 2.75) is 113 Å². The molecule has 0 aliphatic carbocycles. The minimum absolute atomic E-state index is 0. The van der Waals surface area contributed by atoms with Crippen LogP contribution in [0.3, 0.4) is 0 Å². The third-order valence-electron chi connectivity index (χ3n) is 12.1. The maximum absolute atomic E-state index is 6.55. The van der Waals surface area contributed by atoms with Gasteiger partial charge in [0.2, 0.25) is 0 Å². The molecule has 4 aromatic heterocycles. The van der Waals surface area contributed by atoms with E-state index in [1.807, 2.05) is 42.6 Å². The minimum Gasteiger partial charge on any atom is -0.501 e. The number of imidazole rings is 1. The Kier molecular flexibility index (Phi) is 14.0. The zero-order chi connectivity index (χ0) is 46.4. The maximum Gasteiger partial charge on any atom is 0.120 e. The summed E-state index contributed by atoms with van der Waals surface area (Å²) in [6.07, 6.45) is 5.14. The van der Waals surface area contributed by atoms with E-state index >= 15 is 0 Å². The molecule has 0 fully saturated rings. The van der Waals surface area contributed by atoms with Crippen LogP contribution < -0.4 is 5.19 Å². The number of furan rings is 1. The van der Waals surface area contributed by atoms with Gasteiger partial charge < -0.3 is 14.0 Å². The Hall–Kier alpha value is -5.46. The van der Waals surface area contributed by atoms with E-state index in [9.17, 15) is 0 Å². The average Bonchev–Trinajstić information content (AvgIpc) is 3.84. The third kappa shape index (κ3) is 9.95. The molecular formula is C59H64IrN4OSi-2. The van der Waals surface area contributed by atoms with Gasteiger partial charge in [0.05, 0.1) is 36.2 Å². The molecular weight excluding hydrogens is 1000 g/mol. The summed E-state index contributed by atoms with van der Waals surface area (Å²) < 4.78 is 8.92. The molecule has 5 nitrogen and oxygen atoms in total. The fourth-order valence-electron chi connectivity index (χ4n) is 9.01. The number of hydrogen-bond donors (Lipinski definition) is 0. The first-order valence-electron chi connectivity index (χ1n) is 23.2. The molecule has 9 rings (SSSR count). The topological polar surface area (TPSA) is 56.7 Å². The van der Waals surface area contributed by atoms with E-state index in [1.165, 1.54) is 38.7 Å². The summed E-state index contributed by atoms with van der Waals surface area (Å²) in [5, 5.41) is 3.64. The van der Waals surface area contributed by atoms with Crippen molar-refractivity contribution in [3.8, 4) is 39.5 Å². The van der Waals surface area contributed by atoms with E-state index in [1.54, 1.807) is 0 Å². The van der Waals surface area contributed by atoms with Crippen LogP contribution in [0, 0.1) is 17.5 Å². The van der Waals surface area contributed by atoms with Gasteiger partial charge in [0.1, 0.15) is 5.58 Å². The summed E-state index contributed by atoms with van der Waals surface area (Å²) in [5.41, 5.74) is 15.3. The quantitative estimate of drug-likeness (QED) is 0.112. The van der Waals surface area contributed by atoms with Gasteiger partial charge in [-0.25, -0.2) is 0 Å². The van der Waals surface area contributed by atoms with Gasteiger partial charge in [-0.2, -0.15) is 0 Å². The number of pyridine rings is 2. The fourth-order valence-corrected chi connectivity index (χ4v) is 10.6. The van der Waals surface area contributed by atoms with Crippen LogP contribution in [0.15, 0.2) is 132 Å². The SMILES string of the molecule is CC(C)(C)Cc1cc(-c2[c-]cccc2)ncc1[Si](C)(C)C.CC(C)c1cc(-c2ccccc2)cc(C(C)C)c1-n1c(-c2[c-]ccc3c2oc2ccccc23)nc2c(C(C)(C)C)nccc21.[Ir]. The Balaban J connectivity index is 0.000000249. The molecule has 0 aliphatic heterocycles. The monoisotopic (exact) mass is 1070 g/mol. The van der Waals surface area contributed by atoms with Crippen molar-refractivity contribution in [2.24, 2.45) is 5.41 Å². The van der Waals surface area contributed by atoms with Crippen LogP contribution in [0.25, 0.3) is 72.4 Å². The predicted octanol–water partition coefficient (Wildman–Crippen LogP) is 15.7. The number of hydrogen-bond acceptors (Lipinski definition) is 4. The van der Waals surface area contributed by atoms with Gasteiger partial charge in [-0.3, -0.25) is 9.97 Å². The molecule has 1 radical (unpaired) electrons. The van der Waals surface area contributed by atoms with Crippen molar-refractivity contribution in [2.75, 3.05) is 0 Å². The Morgan fingerprint density at radius 1 is 0.697 bits per heavy atom. The third-order valence-corrected chi connectivity index (χ3v) is 14.2. The maximum atomic E-state index is 6.55. The number of nitrogens with zero attached hydrogens (tertiary/aromatic N) is 4. The largest absolute Gasteiger partial charge is 0.501 e. The number of rotatable bonds is 8. The molecule has 341 valence electrons. The minimum atomic E-state index is -1.37. The van der Waals surface area contributed by atoms with E-state index in [0.29, 0.717) is 0 Å². The van der Waals surface area contributed by atoms with Crippen LogP contribution in [-0.4, -0.2) is 27.6 Å². The molecule has 0 bridgehead atoms. The van der Waals surface area contributed by atoms with Crippen molar-refractivity contribution in [3.63, 3.8) is 0 Å². The van der Waals surface area contributed by atoms with Gasteiger partial charge in [0, 0.05) is 49.0 Å².